The van der Waals surface area contributed by atoms with Gasteiger partial charge in [0.1, 0.15) is 5.60 Å². The third kappa shape index (κ3) is 1.98. The van der Waals surface area contributed by atoms with Gasteiger partial charge in [-0.05, 0) is 43.9 Å². The molecule has 1 N–H and O–H groups in total. The summed E-state index contributed by atoms with van der Waals surface area (Å²) in [6.07, 6.45) is 5.34. The summed E-state index contributed by atoms with van der Waals surface area (Å²) in [6.45, 7) is 0. The van der Waals surface area contributed by atoms with Crippen molar-refractivity contribution in [1.82, 2.24) is 10.2 Å². The van der Waals surface area contributed by atoms with Gasteiger partial charge in [0.25, 0.3) is 0 Å². The zero-order valence-electron chi connectivity index (χ0n) is 12.6. The number of hydrogen-bond donors (Lipinski definition) is 1. The lowest BCUT2D eigenvalue weighted by atomic mass is 9.47. The highest BCUT2D eigenvalue weighted by Crippen LogP contribution is 2.63. The molecule has 0 aromatic heterocycles. The molecule has 112 valence electrons. The van der Waals surface area contributed by atoms with E-state index in [1.54, 1.807) is 11.9 Å². The van der Waals surface area contributed by atoms with Crippen LogP contribution in [0.15, 0.2) is 0 Å². The van der Waals surface area contributed by atoms with Crippen LogP contribution in [0, 0.1) is 17.3 Å². The molecule has 4 rings (SSSR count). The smallest absolute Gasteiger partial charge is 0.407 e. The summed E-state index contributed by atoms with van der Waals surface area (Å²) >= 11 is 0. The first-order valence-corrected chi connectivity index (χ1v) is 7.51. The van der Waals surface area contributed by atoms with Crippen molar-refractivity contribution in [2.24, 2.45) is 17.3 Å². The highest BCUT2D eigenvalue weighted by Gasteiger charge is 2.62. The number of nitrogens with one attached hydrogen (secondary N) is 1. The van der Waals surface area contributed by atoms with E-state index in [0.29, 0.717) is 18.3 Å². The molecule has 4 aliphatic rings. The molecule has 4 fully saturated rings. The Bertz CT molecular complexity index is 432. The molecule has 5 nitrogen and oxygen atoms in total. The molecular formula is C15H24N2O3. The zero-order chi connectivity index (χ0) is 14.5. The SMILES string of the molecule is CNC(=O)OC12CC3CC(C1)CC(C(=O)N(C)C)(C3)C2. The van der Waals surface area contributed by atoms with Gasteiger partial charge in [0, 0.05) is 27.6 Å². The summed E-state index contributed by atoms with van der Waals surface area (Å²) in [5, 5.41) is 2.55. The number of alkyl carbamates (subject to hydrolysis) is 1. The Morgan fingerprint density at radius 3 is 2.25 bits per heavy atom. The Kier molecular flexibility index (Phi) is 2.99. The molecule has 0 aromatic rings. The van der Waals surface area contributed by atoms with E-state index in [1.165, 1.54) is 6.42 Å². The van der Waals surface area contributed by atoms with Gasteiger partial charge >= 0.3 is 6.09 Å². The maximum absolute atomic E-state index is 12.7. The van der Waals surface area contributed by atoms with Crippen LogP contribution < -0.4 is 5.32 Å². The molecule has 4 bridgehead atoms. The van der Waals surface area contributed by atoms with E-state index >= 15 is 0 Å². The predicted molar refractivity (Wildman–Crippen MR) is 74.1 cm³/mol. The molecule has 0 spiro atoms. The number of rotatable bonds is 2. The summed E-state index contributed by atoms with van der Waals surface area (Å²) in [5.41, 5.74) is -0.697. The maximum Gasteiger partial charge on any atom is 0.407 e. The standard InChI is InChI=1S/C15H24N2O3/c1-16-13(19)20-15-7-10-4-11(8-15)6-14(5-10,9-15)12(18)17(2)3/h10-11H,4-9H2,1-3H3,(H,16,19). The molecule has 4 aliphatic carbocycles. The molecule has 4 saturated carbocycles. The molecule has 2 unspecified atom stereocenters. The first kappa shape index (κ1) is 13.7. The van der Waals surface area contributed by atoms with Crippen molar-refractivity contribution in [3.05, 3.63) is 0 Å². The van der Waals surface area contributed by atoms with Gasteiger partial charge in [-0.1, -0.05) is 0 Å². The molecule has 0 aliphatic heterocycles. The second kappa shape index (κ2) is 4.37. The summed E-state index contributed by atoms with van der Waals surface area (Å²) in [5.74, 6) is 1.28. The van der Waals surface area contributed by atoms with Gasteiger partial charge in [-0.3, -0.25) is 4.79 Å². The van der Waals surface area contributed by atoms with Crippen molar-refractivity contribution in [2.75, 3.05) is 21.1 Å². The van der Waals surface area contributed by atoms with E-state index in [0.717, 1.165) is 25.7 Å². The van der Waals surface area contributed by atoms with E-state index in [2.05, 4.69) is 5.32 Å². The molecule has 20 heavy (non-hydrogen) atoms. The molecule has 0 heterocycles. The molecule has 0 aromatic carbocycles. The topological polar surface area (TPSA) is 58.6 Å². The van der Waals surface area contributed by atoms with Gasteiger partial charge in [-0.15, -0.1) is 0 Å². The summed E-state index contributed by atoms with van der Waals surface area (Å²) < 4.78 is 5.73. The second-order valence-corrected chi connectivity index (χ2v) is 7.26. The van der Waals surface area contributed by atoms with Crippen LogP contribution >= 0.6 is 0 Å². The molecule has 2 atom stereocenters. The van der Waals surface area contributed by atoms with Gasteiger partial charge in [-0.2, -0.15) is 0 Å². The zero-order valence-corrected chi connectivity index (χ0v) is 12.6. The predicted octanol–water partition coefficient (Wildman–Crippen LogP) is 1.77. The van der Waals surface area contributed by atoms with Crippen LogP contribution in [0.2, 0.25) is 0 Å². The van der Waals surface area contributed by atoms with Crippen molar-refractivity contribution in [2.45, 2.75) is 44.1 Å². The van der Waals surface area contributed by atoms with Gasteiger partial charge in [0.05, 0.1) is 5.41 Å². The van der Waals surface area contributed by atoms with Crippen molar-refractivity contribution >= 4 is 12.0 Å². The monoisotopic (exact) mass is 280 g/mol. The number of carbonyl (C=O) groups excluding carboxylic acids is 2. The van der Waals surface area contributed by atoms with Crippen LogP contribution in [-0.4, -0.2) is 43.6 Å². The van der Waals surface area contributed by atoms with Crippen molar-refractivity contribution in [3.8, 4) is 0 Å². The third-order valence-corrected chi connectivity index (χ3v) is 5.38. The Morgan fingerprint density at radius 2 is 1.75 bits per heavy atom. The minimum atomic E-state index is -0.407. The molecule has 2 amide bonds. The normalized spacial score (nSPS) is 41.4. The van der Waals surface area contributed by atoms with E-state index in [9.17, 15) is 9.59 Å². The van der Waals surface area contributed by atoms with Gasteiger partial charge in [0.15, 0.2) is 0 Å². The summed E-state index contributed by atoms with van der Waals surface area (Å²) in [4.78, 5) is 26.0. The number of ether oxygens (including phenoxy) is 1. The minimum absolute atomic E-state index is 0.219. The average molecular weight is 280 g/mol. The van der Waals surface area contributed by atoms with Gasteiger partial charge < -0.3 is 15.0 Å². The first-order chi connectivity index (χ1) is 9.38. The third-order valence-electron chi connectivity index (χ3n) is 5.38. The largest absolute Gasteiger partial charge is 0.443 e. The van der Waals surface area contributed by atoms with E-state index < -0.39 is 5.60 Å². The Morgan fingerprint density at radius 1 is 1.15 bits per heavy atom. The van der Waals surface area contributed by atoms with Crippen LogP contribution in [0.3, 0.4) is 0 Å². The van der Waals surface area contributed by atoms with Crippen molar-refractivity contribution in [1.29, 1.82) is 0 Å². The number of nitrogens with zero attached hydrogens (tertiary/aromatic N) is 1. The first-order valence-electron chi connectivity index (χ1n) is 7.51. The quantitative estimate of drug-likeness (QED) is 0.838. The van der Waals surface area contributed by atoms with Crippen LogP contribution in [0.1, 0.15) is 38.5 Å². The summed E-state index contributed by atoms with van der Waals surface area (Å²) in [7, 11) is 5.24. The van der Waals surface area contributed by atoms with E-state index in [1.807, 2.05) is 14.1 Å². The number of amides is 2. The van der Waals surface area contributed by atoms with Crippen LogP contribution in [-0.2, 0) is 9.53 Å². The van der Waals surface area contributed by atoms with Gasteiger partial charge in [0.2, 0.25) is 5.91 Å². The average Bonchev–Trinajstić information content (AvgIpc) is 2.35. The fraction of sp³-hybridized carbons (Fsp3) is 0.867. The number of carbonyl (C=O) groups is 2. The molecule has 0 radical (unpaired) electrons. The molecule has 0 saturated heterocycles. The van der Waals surface area contributed by atoms with Crippen LogP contribution in [0.25, 0.3) is 0 Å². The van der Waals surface area contributed by atoms with E-state index in [4.69, 9.17) is 4.74 Å². The van der Waals surface area contributed by atoms with Gasteiger partial charge in [-0.25, -0.2) is 4.79 Å². The lowest BCUT2D eigenvalue weighted by Crippen LogP contribution is -2.61. The Labute approximate surface area is 120 Å². The molecule has 5 heteroatoms. The van der Waals surface area contributed by atoms with E-state index in [-0.39, 0.29) is 17.4 Å². The van der Waals surface area contributed by atoms with Crippen molar-refractivity contribution < 1.29 is 14.3 Å². The fourth-order valence-electron chi connectivity index (χ4n) is 5.27. The van der Waals surface area contributed by atoms with Crippen LogP contribution in [0.4, 0.5) is 4.79 Å². The fourth-order valence-corrected chi connectivity index (χ4v) is 5.27. The molecular weight excluding hydrogens is 256 g/mol. The van der Waals surface area contributed by atoms with Crippen molar-refractivity contribution in [3.63, 3.8) is 0 Å². The van der Waals surface area contributed by atoms with Crippen LogP contribution in [0.5, 0.6) is 0 Å². The Balaban J connectivity index is 1.89. The number of hydrogen-bond acceptors (Lipinski definition) is 3. The Hall–Kier alpha value is -1.26. The maximum atomic E-state index is 12.7. The minimum Gasteiger partial charge on any atom is -0.443 e. The second-order valence-electron chi connectivity index (χ2n) is 7.26. The summed E-state index contributed by atoms with van der Waals surface area (Å²) in [6, 6.07) is 0. The lowest BCUT2D eigenvalue weighted by Gasteiger charge is -2.60. The highest BCUT2D eigenvalue weighted by molar-refractivity contribution is 5.83. The lowest BCUT2D eigenvalue weighted by molar-refractivity contribution is -0.184. The highest BCUT2D eigenvalue weighted by atomic mass is 16.6.